The molecule has 4 nitrogen and oxygen atoms in total. The van der Waals surface area contributed by atoms with E-state index in [0.29, 0.717) is 17.1 Å². The van der Waals surface area contributed by atoms with Gasteiger partial charge in [-0.25, -0.2) is 9.97 Å². The van der Waals surface area contributed by atoms with Crippen LogP contribution in [0.1, 0.15) is 22.4 Å². The molecule has 2 aromatic rings. The number of rotatable bonds is 1. The molecule has 0 atom stereocenters. The van der Waals surface area contributed by atoms with Crippen LogP contribution in [0.3, 0.4) is 0 Å². The zero-order valence-electron chi connectivity index (χ0n) is 11.0. The molecule has 1 aromatic heterocycles. The molecule has 0 radical (unpaired) electrons. The number of nitrogens with two attached hydrogens (primary N) is 1. The van der Waals surface area contributed by atoms with Crippen molar-refractivity contribution < 1.29 is 0 Å². The smallest absolute Gasteiger partial charge is 0.161 e. The molecular formula is C14H13BrN4. The predicted octanol–water partition coefficient (Wildman–Crippen LogP) is 3.29. The highest BCUT2D eigenvalue weighted by Crippen LogP contribution is 2.28. The van der Waals surface area contributed by atoms with Crippen LogP contribution in [0.2, 0.25) is 0 Å². The van der Waals surface area contributed by atoms with Gasteiger partial charge in [-0.2, -0.15) is 5.26 Å². The van der Waals surface area contributed by atoms with Crippen molar-refractivity contribution in [3.05, 3.63) is 39.0 Å². The van der Waals surface area contributed by atoms with Gasteiger partial charge in [-0.15, -0.1) is 0 Å². The van der Waals surface area contributed by atoms with E-state index in [-0.39, 0.29) is 5.82 Å². The largest absolute Gasteiger partial charge is 0.382 e. The lowest BCUT2D eigenvalue weighted by molar-refractivity contribution is 1.10. The normalized spacial score (nSPS) is 10.3. The van der Waals surface area contributed by atoms with Gasteiger partial charge in [0.05, 0.1) is 5.69 Å². The van der Waals surface area contributed by atoms with Crippen molar-refractivity contribution in [3.63, 3.8) is 0 Å². The minimum atomic E-state index is 0.225. The van der Waals surface area contributed by atoms with E-state index in [2.05, 4.69) is 25.9 Å². The van der Waals surface area contributed by atoms with Crippen LogP contribution in [-0.4, -0.2) is 9.97 Å². The monoisotopic (exact) mass is 316 g/mol. The third-order valence-corrected chi connectivity index (χ3v) is 4.18. The average molecular weight is 317 g/mol. The Kier molecular flexibility index (Phi) is 3.54. The van der Waals surface area contributed by atoms with Gasteiger partial charge >= 0.3 is 0 Å². The Bertz CT molecular complexity index is 655. The number of aromatic nitrogens is 2. The highest BCUT2D eigenvalue weighted by atomic mass is 79.9. The average Bonchev–Trinajstić information content (AvgIpc) is 2.35. The minimum Gasteiger partial charge on any atom is -0.382 e. The van der Waals surface area contributed by atoms with Crippen LogP contribution in [0.15, 0.2) is 16.6 Å². The summed E-state index contributed by atoms with van der Waals surface area (Å²) in [5.41, 5.74) is 9.86. The van der Waals surface area contributed by atoms with Crippen LogP contribution in [0.5, 0.6) is 0 Å². The Morgan fingerprint density at radius 1 is 1.16 bits per heavy atom. The van der Waals surface area contributed by atoms with Gasteiger partial charge in [0, 0.05) is 10.0 Å². The summed E-state index contributed by atoms with van der Waals surface area (Å²) < 4.78 is 1.08. The fourth-order valence-corrected chi connectivity index (χ4v) is 2.17. The van der Waals surface area contributed by atoms with Crippen LogP contribution in [0.4, 0.5) is 5.82 Å². The Morgan fingerprint density at radius 2 is 1.74 bits per heavy atom. The summed E-state index contributed by atoms with van der Waals surface area (Å²) in [7, 11) is 0. The predicted molar refractivity (Wildman–Crippen MR) is 78.5 cm³/mol. The first kappa shape index (κ1) is 13.5. The Hall–Kier alpha value is -1.93. The van der Waals surface area contributed by atoms with Crippen molar-refractivity contribution in [2.45, 2.75) is 20.8 Å². The number of aryl methyl sites for hydroxylation is 3. The van der Waals surface area contributed by atoms with Crippen molar-refractivity contribution in [2.75, 3.05) is 5.73 Å². The van der Waals surface area contributed by atoms with E-state index in [9.17, 15) is 0 Å². The maximum Gasteiger partial charge on any atom is 0.161 e. The summed E-state index contributed by atoms with van der Waals surface area (Å²) in [4.78, 5) is 8.57. The Morgan fingerprint density at radius 3 is 2.21 bits per heavy atom. The van der Waals surface area contributed by atoms with Crippen LogP contribution in [0, 0.1) is 32.1 Å². The molecule has 0 aliphatic rings. The number of halogens is 1. The van der Waals surface area contributed by atoms with Gasteiger partial charge in [-0.05, 0) is 44.0 Å². The molecule has 0 aliphatic heterocycles. The summed E-state index contributed by atoms with van der Waals surface area (Å²) in [5.74, 6) is 0.774. The van der Waals surface area contributed by atoms with E-state index in [1.54, 1.807) is 6.92 Å². The van der Waals surface area contributed by atoms with Crippen molar-refractivity contribution in [3.8, 4) is 17.5 Å². The van der Waals surface area contributed by atoms with Crippen molar-refractivity contribution in [2.24, 2.45) is 0 Å². The highest BCUT2D eigenvalue weighted by Gasteiger charge is 2.12. The van der Waals surface area contributed by atoms with E-state index < -0.39 is 0 Å². The first-order valence-corrected chi connectivity index (χ1v) is 6.54. The van der Waals surface area contributed by atoms with Gasteiger partial charge in [0.2, 0.25) is 0 Å². The molecule has 2 N–H and O–H groups in total. The number of benzene rings is 1. The maximum atomic E-state index is 8.97. The first-order valence-electron chi connectivity index (χ1n) is 5.75. The van der Waals surface area contributed by atoms with Crippen LogP contribution in [0.25, 0.3) is 11.4 Å². The number of hydrogen-bond donors (Lipinski definition) is 1. The van der Waals surface area contributed by atoms with E-state index in [4.69, 9.17) is 11.0 Å². The zero-order valence-corrected chi connectivity index (χ0v) is 12.5. The summed E-state index contributed by atoms with van der Waals surface area (Å²) >= 11 is 3.53. The second-order valence-corrected chi connectivity index (χ2v) is 5.22. The van der Waals surface area contributed by atoms with Crippen molar-refractivity contribution in [1.82, 2.24) is 9.97 Å². The molecule has 1 heterocycles. The van der Waals surface area contributed by atoms with Crippen LogP contribution >= 0.6 is 15.9 Å². The standard InChI is InChI=1S/C14H13BrN4/c1-7-4-10(5-8(2)12(7)15)14-18-9(3)11(6-16)13(17)19-14/h4-5H,1-3H3,(H2,17,18,19). The fraction of sp³-hybridized carbons (Fsp3) is 0.214. The molecule has 0 bridgehead atoms. The summed E-state index contributed by atoms with van der Waals surface area (Å²) in [5, 5.41) is 8.97. The third-order valence-electron chi connectivity index (χ3n) is 2.92. The van der Waals surface area contributed by atoms with Gasteiger partial charge in [-0.1, -0.05) is 15.9 Å². The molecule has 1 aromatic carbocycles. The molecule has 0 unspecified atom stereocenters. The van der Waals surface area contributed by atoms with Gasteiger partial charge in [-0.3, -0.25) is 0 Å². The number of hydrogen-bond acceptors (Lipinski definition) is 4. The maximum absolute atomic E-state index is 8.97. The zero-order chi connectivity index (χ0) is 14.2. The molecule has 5 heteroatoms. The lowest BCUT2D eigenvalue weighted by Crippen LogP contribution is -2.03. The molecule has 0 amide bonds. The number of nitrogen functional groups attached to an aromatic ring is 1. The van der Waals surface area contributed by atoms with Crippen molar-refractivity contribution in [1.29, 1.82) is 5.26 Å². The molecule has 0 spiro atoms. The SMILES string of the molecule is Cc1cc(-c2nc(C)c(C#N)c(N)n2)cc(C)c1Br. The second kappa shape index (κ2) is 4.98. The Labute approximate surface area is 120 Å². The van der Waals surface area contributed by atoms with Crippen molar-refractivity contribution >= 4 is 21.7 Å². The first-order chi connectivity index (χ1) is 8.93. The molecular weight excluding hydrogens is 304 g/mol. The number of anilines is 1. The summed E-state index contributed by atoms with van der Waals surface area (Å²) in [6, 6.07) is 6.01. The fourth-order valence-electron chi connectivity index (χ4n) is 1.94. The van der Waals surface area contributed by atoms with E-state index >= 15 is 0 Å². The van der Waals surface area contributed by atoms with Gasteiger partial charge < -0.3 is 5.73 Å². The molecule has 0 aliphatic carbocycles. The number of nitrogens with zero attached hydrogens (tertiary/aromatic N) is 3. The second-order valence-electron chi connectivity index (χ2n) is 4.43. The van der Waals surface area contributed by atoms with E-state index in [0.717, 1.165) is 21.2 Å². The summed E-state index contributed by atoms with van der Waals surface area (Å²) in [6.45, 7) is 5.79. The topological polar surface area (TPSA) is 75.6 Å². The lowest BCUT2D eigenvalue weighted by Gasteiger charge is -2.09. The molecule has 0 saturated carbocycles. The summed E-state index contributed by atoms with van der Waals surface area (Å²) in [6.07, 6.45) is 0. The lowest BCUT2D eigenvalue weighted by atomic mass is 10.1. The van der Waals surface area contributed by atoms with Gasteiger partial charge in [0.25, 0.3) is 0 Å². The number of nitriles is 1. The molecule has 19 heavy (non-hydrogen) atoms. The van der Waals surface area contributed by atoms with Gasteiger partial charge in [0.15, 0.2) is 5.82 Å². The highest BCUT2D eigenvalue weighted by molar-refractivity contribution is 9.10. The van der Waals surface area contributed by atoms with Crippen LogP contribution in [-0.2, 0) is 0 Å². The molecule has 96 valence electrons. The van der Waals surface area contributed by atoms with E-state index in [1.807, 2.05) is 32.0 Å². The Balaban J connectivity index is 2.64. The molecule has 0 fully saturated rings. The molecule has 0 saturated heterocycles. The van der Waals surface area contributed by atoms with Gasteiger partial charge in [0.1, 0.15) is 17.5 Å². The minimum absolute atomic E-state index is 0.225. The third kappa shape index (κ3) is 2.45. The molecule has 2 rings (SSSR count). The van der Waals surface area contributed by atoms with Crippen LogP contribution < -0.4 is 5.73 Å². The quantitative estimate of drug-likeness (QED) is 0.875. The van der Waals surface area contributed by atoms with E-state index in [1.165, 1.54) is 0 Å².